The van der Waals surface area contributed by atoms with E-state index in [2.05, 4.69) is 10.5 Å². The number of nitrogens with one attached hydrogen (secondary N) is 2. The van der Waals surface area contributed by atoms with Crippen LogP contribution in [0.3, 0.4) is 0 Å². The van der Waals surface area contributed by atoms with E-state index >= 15 is 0 Å². The van der Waals surface area contributed by atoms with Crippen LogP contribution in [0, 0.1) is 16.7 Å². The van der Waals surface area contributed by atoms with Crippen molar-refractivity contribution in [3.05, 3.63) is 22.2 Å². The minimum Gasteiger partial charge on any atom is -0.382 e. The Kier molecular flexibility index (Phi) is 4.91. The third kappa shape index (κ3) is 3.82. The first-order valence-electron chi connectivity index (χ1n) is 4.77. The zero-order chi connectivity index (χ0) is 15.5. The van der Waals surface area contributed by atoms with Gasteiger partial charge in [0.25, 0.3) is 0 Å². The summed E-state index contributed by atoms with van der Waals surface area (Å²) in [6.45, 7) is 0. The van der Waals surface area contributed by atoms with Crippen LogP contribution in [-0.4, -0.2) is 20.0 Å². The van der Waals surface area contributed by atoms with Gasteiger partial charge in [-0.25, -0.2) is 13.6 Å². The molecular weight excluding hydrogens is 327 g/mol. The number of sulfonamides is 1. The molecule has 0 radical (unpaired) electrons. The van der Waals surface area contributed by atoms with Crippen LogP contribution >= 0.6 is 23.2 Å². The maximum absolute atomic E-state index is 11.2. The molecule has 1 aromatic carbocycles. The molecule has 0 saturated carbocycles. The molecule has 0 spiro atoms. The lowest BCUT2D eigenvalue weighted by molar-refractivity contribution is 0.598. The van der Waals surface area contributed by atoms with Crippen molar-refractivity contribution in [2.45, 2.75) is 4.90 Å². The molecule has 0 aliphatic carbocycles. The summed E-state index contributed by atoms with van der Waals surface area (Å²) in [6.07, 6.45) is 0. The topological polar surface area (TPSA) is 158 Å². The normalized spacial score (nSPS) is 11.8. The molecule has 1 rings (SSSR count). The predicted octanol–water partition coefficient (Wildman–Crippen LogP) is 0.868. The highest BCUT2D eigenvalue weighted by atomic mass is 35.5. The Balaban J connectivity index is 3.24. The van der Waals surface area contributed by atoms with E-state index in [9.17, 15) is 8.42 Å². The summed E-state index contributed by atoms with van der Waals surface area (Å²) in [7, 11) is -3.95. The minimum atomic E-state index is -3.95. The van der Waals surface area contributed by atoms with Crippen molar-refractivity contribution in [1.82, 2.24) is 0 Å². The Bertz CT molecular complexity index is 714. The SMILES string of the molecule is N#C/C(=N\Nc1c(Cl)cc(S(N)(=O)=O)cc1Cl)C(=N)N. The molecule has 0 unspecified atom stereocenters. The summed E-state index contributed by atoms with van der Waals surface area (Å²) in [6, 6.07) is 3.72. The van der Waals surface area contributed by atoms with Gasteiger partial charge in [-0.3, -0.25) is 10.8 Å². The van der Waals surface area contributed by atoms with E-state index in [1.54, 1.807) is 6.07 Å². The molecule has 0 aliphatic heterocycles. The highest BCUT2D eigenvalue weighted by Gasteiger charge is 2.15. The van der Waals surface area contributed by atoms with Gasteiger partial charge in [0.1, 0.15) is 6.07 Å². The Hall–Kier alpha value is -1.86. The lowest BCUT2D eigenvalue weighted by Gasteiger charge is -2.08. The summed E-state index contributed by atoms with van der Waals surface area (Å²) in [5.41, 5.74) is 7.10. The molecule has 106 valence electrons. The Morgan fingerprint density at radius 1 is 1.40 bits per heavy atom. The smallest absolute Gasteiger partial charge is 0.238 e. The lowest BCUT2D eigenvalue weighted by Crippen LogP contribution is -2.22. The average Bonchev–Trinajstić information content (AvgIpc) is 2.30. The first-order valence-corrected chi connectivity index (χ1v) is 7.07. The number of amidine groups is 1. The fourth-order valence-corrected chi connectivity index (χ4v) is 2.34. The zero-order valence-electron chi connectivity index (χ0n) is 9.68. The summed E-state index contributed by atoms with van der Waals surface area (Å²) >= 11 is 11.7. The molecular formula is C9H8Cl2N6O2S. The van der Waals surface area contributed by atoms with Gasteiger partial charge in [0.05, 0.1) is 20.6 Å². The minimum absolute atomic E-state index is 0.0507. The molecule has 0 saturated heterocycles. The van der Waals surface area contributed by atoms with Gasteiger partial charge in [-0.1, -0.05) is 23.2 Å². The van der Waals surface area contributed by atoms with Crippen LogP contribution in [0.5, 0.6) is 0 Å². The highest BCUT2D eigenvalue weighted by Crippen LogP contribution is 2.33. The average molecular weight is 335 g/mol. The van der Waals surface area contributed by atoms with Gasteiger partial charge >= 0.3 is 0 Å². The van der Waals surface area contributed by atoms with E-state index < -0.39 is 15.9 Å². The van der Waals surface area contributed by atoms with Crippen LogP contribution in [0.2, 0.25) is 10.0 Å². The third-order valence-corrected chi connectivity index (χ3v) is 3.47. The first kappa shape index (κ1) is 16.2. The quantitative estimate of drug-likeness (QED) is 0.364. The van der Waals surface area contributed by atoms with Crippen LogP contribution in [0.25, 0.3) is 0 Å². The molecule has 0 fully saturated rings. The molecule has 11 heteroatoms. The number of halogens is 2. The Morgan fingerprint density at radius 2 is 1.90 bits per heavy atom. The number of nitrogens with zero attached hydrogens (tertiary/aromatic N) is 2. The molecule has 6 N–H and O–H groups in total. The standard InChI is InChI=1S/C9H8Cl2N6O2S/c10-5-1-4(20(15,18)19)2-6(11)8(5)17-16-7(3-12)9(13)14/h1-2,17H,(H3,13,14)(H2,15,18,19)/b16-7+. The molecule has 8 nitrogen and oxygen atoms in total. The lowest BCUT2D eigenvalue weighted by atomic mass is 10.3. The molecule has 0 aliphatic rings. The number of nitrogens with two attached hydrogens (primary N) is 2. The van der Waals surface area contributed by atoms with Crippen molar-refractivity contribution in [2.75, 3.05) is 5.43 Å². The van der Waals surface area contributed by atoms with Crippen LogP contribution < -0.4 is 16.3 Å². The predicted molar refractivity (Wildman–Crippen MR) is 76.4 cm³/mol. The Labute approximate surface area is 124 Å². The summed E-state index contributed by atoms with van der Waals surface area (Å²) in [5, 5.41) is 24.0. The molecule has 0 amide bonds. The first-order chi connectivity index (χ1) is 9.16. The number of hydrogen-bond donors (Lipinski definition) is 4. The van der Waals surface area contributed by atoms with Gasteiger partial charge in [0.2, 0.25) is 15.7 Å². The molecule has 1 aromatic rings. The fourth-order valence-electron chi connectivity index (χ4n) is 1.08. The number of hydrazone groups is 1. The van der Waals surface area contributed by atoms with Crippen LogP contribution in [0.4, 0.5) is 5.69 Å². The largest absolute Gasteiger partial charge is 0.382 e. The van der Waals surface area contributed by atoms with Gasteiger partial charge in [0, 0.05) is 0 Å². The second-order valence-electron chi connectivity index (χ2n) is 3.40. The number of hydrogen-bond acceptors (Lipinski definition) is 6. The molecule has 0 atom stereocenters. The third-order valence-electron chi connectivity index (χ3n) is 1.98. The van der Waals surface area contributed by atoms with Gasteiger partial charge in [-0.15, -0.1) is 0 Å². The van der Waals surface area contributed by atoms with Crippen LogP contribution in [0.1, 0.15) is 0 Å². The van der Waals surface area contributed by atoms with Crippen molar-refractivity contribution >= 4 is 50.5 Å². The molecule has 0 aromatic heterocycles. The number of benzene rings is 1. The van der Waals surface area contributed by atoms with E-state index in [4.69, 9.17) is 44.7 Å². The molecule has 0 heterocycles. The van der Waals surface area contributed by atoms with Gasteiger partial charge < -0.3 is 5.73 Å². The van der Waals surface area contributed by atoms with Gasteiger partial charge in [-0.2, -0.15) is 10.4 Å². The van der Waals surface area contributed by atoms with Crippen molar-refractivity contribution in [3.63, 3.8) is 0 Å². The van der Waals surface area contributed by atoms with Gasteiger partial charge in [0.15, 0.2) is 5.84 Å². The number of anilines is 1. The van der Waals surface area contributed by atoms with Crippen molar-refractivity contribution in [1.29, 1.82) is 10.7 Å². The van der Waals surface area contributed by atoms with Crippen molar-refractivity contribution in [3.8, 4) is 6.07 Å². The summed E-state index contributed by atoms with van der Waals surface area (Å²) < 4.78 is 22.4. The second kappa shape index (κ2) is 6.06. The molecule has 20 heavy (non-hydrogen) atoms. The van der Waals surface area contributed by atoms with E-state index in [1.807, 2.05) is 0 Å². The van der Waals surface area contributed by atoms with Crippen LogP contribution in [0.15, 0.2) is 22.1 Å². The van der Waals surface area contributed by atoms with E-state index in [-0.39, 0.29) is 26.3 Å². The van der Waals surface area contributed by atoms with Gasteiger partial charge in [-0.05, 0) is 12.1 Å². The summed E-state index contributed by atoms with van der Waals surface area (Å²) in [5.74, 6) is -0.548. The fraction of sp³-hybridized carbons (Fsp3) is 0. The van der Waals surface area contributed by atoms with E-state index in [0.29, 0.717) is 0 Å². The summed E-state index contributed by atoms with van der Waals surface area (Å²) in [4.78, 5) is -0.269. The van der Waals surface area contributed by atoms with E-state index in [1.165, 1.54) is 0 Å². The van der Waals surface area contributed by atoms with Crippen LogP contribution in [-0.2, 0) is 10.0 Å². The number of nitriles is 1. The second-order valence-corrected chi connectivity index (χ2v) is 5.78. The monoisotopic (exact) mass is 334 g/mol. The van der Waals surface area contributed by atoms with Crippen molar-refractivity contribution < 1.29 is 8.42 Å². The highest BCUT2D eigenvalue weighted by molar-refractivity contribution is 7.89. The van der Waals surface area contributed by atoms with E-state index in [0.717, 1.165) is 12.1 Å². The Morgan fingerprint density at radius 3 is 2.25 bits per heavy atom. The van der Waals surface area contributed by atoms with Crippen molar-refractivity contribution in [2.24, 2.45) is 16.0 Å². The zero-order valence-corrected chi connectivity index (χ0v) is 12.0. The molecule has 0 bridgehead atoms. The maximum Gasteiger partial charge on any atom is 0.238 e. The number of primary sulfonamides is 1. The maximum atomic E-state index is 11.2. The number of rotatable bonds is 4.